The molecule has 0 radical (unpaired) electrons. The van der Waals surface area contributed by atoms with Gasteiger partial charge in [-0.1, -0.05) is 78.1 Å². The van der Waals surface area contributed by atoms with Crippen molar-refractivity contribution < 1.29 is 4.74 Å². The summed E-state index contributed by atoms with van der Waals surface area (Å²) in [6.45, 7) is 9.98. The molecular weight excluding hydrogens is 310 g/mol. The summed E-state index contributed by atoms with van der Waals surface area (Å²) in [4.78, 5) is 10.5. The lowest BCUT2D eigenvalue weighted by Crippen LogP contribution is -2.36. The highest BCUT2D eigenvalue weighted by Crippen LogP contribution is 2.12. The quantitative estimate of drug-likeness (QED) is 0.519. The minimum absolute atomic E-state index is 0.795. The molecule has 1 aromatic rings. The Balaban J connectivity index is 0.000000252. The number of hydrogen-bond donors (Lipinski definition) is 0. The molecule has 144 valence electrons. The summed E-state index contributed by atoms with van der Waals surface area (Å²) in [6.07, 6.45) is 16.1. The fourth-order valence-electron chi connectivity index (χ4n) is 2.97. The van der Waals surface area contributed by atoms with Crippen LogP contribution in [0.1, 0.15) is 83.7 Å². The van der Waals surface area contributed by atoms with Crippen molar-refractivity contribution in [1.82, 2.24) is 9.97 Å². The Morgan fingerprint density at radius 2 is 1.36 bits per heavy atom. The minimum Gasteiger partial charge on any atom is -0.378 e. The Kier molecular flexibility index (Phi) is 13.2. The van der Waals surface area contributed by atoms with E-state index in [0.29, 0.717) is 0 Å². The molecular formula is C21H39N3O. The molecule has 1 fully saturated rings. The molecule has 0 aliphatic carbocycles. The van der Waals surface area contributed by atoms with Crippen molar-refractivity contribution >= 4 is 5.82 Å². The van der Waals surface area contributed by atoms with Gasteiger partial charge >= 0.3 is 0 Å². The first-order chi connectivity index (χ1) is 12.3. The maximum atomic E-state index is 5.27. The lowest BCUT2D eigenvalue weighted by molar-refractivity contribution is 0.122. The molecule has 0 aromatic carbocycles. The van der Waals surface area contributed by atoms with Gasteiger partial charge in [-0.2, -0.15) is 0 Å². The highest BCUT2D eigenvalue weighted by atomic mass is 16.5. The molecule has 0 amide bonds. The molecule has 0 unspecified atom stereocenters. The summed E-state index contributed by atoms with van der Waals surface area (Å²) >= 11 is 0. The third kappa shape index (κ3) is 11.1. The van der Waals surface area contributed by atoms with Gasteiger partial charge in [0, 0.05) is 24.8 Å². The van der Waals surface area contributed by atoms with Crippen LogP contribution in [0.2, 0.25) is 0 Å². The summed E-state index contributed by atoms with van der Waals surface area (Å²) in [6, 6.07) is 2.01. The van der Waals surface area contributed by atoms with Gasteiger partial charge in [0.2, 0.25) is 0 Å². The number of aryl methyl sites for hydroxylation is 1. The lowest BCUT2D eigenvalue weighted by Gasteiger charge is -2.27. The fraction of sp³-hybridized carbons (Fsp3) is 0.810. The Hall–Kier alpha value is -1.16. The van der Waals surface area contributed by atoms with Gasteiger partial charge in [0.1, 0.15) is 12.1 Å². The van der Waals surface area contributed by atoms with Gasteiger partial charge in [0.25, 0.3) is 0 Å². The van der Waals surface area contributed by atoms with Crippen LogP contribution in [0.3, 0.4) is 0 Å². The van der Waals surface area contributed by atoms with E-state index in [9.17, 15) is 0 Å². The van der Waals surface area contributed by atoms with Crippen LogP contribution in [0.5, 0.6) is 0 Å². The molecule has 0 bridgehead atoms. The Labute approximate surface area is 155 Å². The van der Waals surface area contributed by atoms with Crippen LogP contribution in [0.4, 0.5) is 5.82 Å². The smallest absolute Gasteiger partial charge is 0.132 e. The molecule has 0 saturated carbocycles. The molecule has 0 atom stereocenters. The van der Waals surface area contributed by atoms with Crippen molar-refractivity contribution in [3.05, 3.63) is 18.1 Å². The van der Waals surface area contributed by atoms with E-state index in [-0.39, 0.29) is 0 Å². The normalized spacial score (nSPS) is 14.1. The van der Waals surface area contributed by atoms with Crippen molar-refractivity contribution in [3.8, 4) is 0 Å². The van der Waals surface area contributed by atoms with Crippen molar-refractivity contribution in [2.75, 3.05) is 31.2 Å². The van der Waals surface area contributed by atoms with E-state index in [0.717, 1.165) is 37.8 Å². The molecule has 0 N–H and O–H groups in total. The first-order valence-corrected chi connectivity index (χ1v) is 10.4. The largest absolute Gasteiger partial charge is 0.378 e. The van der Waals surface area contributed by atoms with Gasteiger partial charge in [0.15, 0.2) is 0 Å². The number of hydrogen-bond acceptors (Lipinski definition) is 4. The van der Waals surface area contributed by atoms with E-state index in [1.165, 1.54) is 64.2 Å². The molecule has 1 aliphatic rings. The average Bonchev–Trinajstić information content (AvgIpc) is 2.65. The first kappa shape index (κ1) is 21.9. The number of ether oxygens (including phenoxy) is 1. The van der Waals surface area contributed by atoms with Gasteiger partial charge in [-0.15, -0.1) is 0 Å². The second-order valence-corrected chi connectivity index (χ2v) is 6.95. The summed E-state index contributed by atoms with van der Waals surface area (Å²) in [5, 5.41) is 0. The van der Waals surface area contributed by atoms with E-state index in [1.54, 1.807) is 6.33 Å². The van der Waals surface area contributed by atoms with Gasteiger partial charge in [-0.25, -0.2) is 9.97 Å². The van der Waals surface area contributed by atoms with Crippen molar-refractivity contribution in [1.29, 1.82) is 0 Å². The molecule has 1 aromatic heterocycles. The molecule has 1 saturated heterocycles. The number of unbranched alkanes of at least 4 members (excludes halogenated alkanes) is 9. The predicted octanol–water partition coefficient (Wildman–Crippen LogP) is 5.55. The molecule has 0 spiro atoms. The number of rotatable bonds is 10. The van der Waals surface area contributed by atoms with Crippen molar-refractivity contribution in [2.24, 2.45) is 0 Å². The Morgan fingerprint density at radius 3 is 1.84 bits per heavy atom. The Bertz CT molecular complexity index is 409. The SMILES string of the molecule is CCCCCCCCCCCC.Cc1cc(N2CCOCC2)ncn1. The average molecular weight is 350 g/mol. The molecule has 1 aliphatic heterocycles. The van der Waals surface area contributed by atoms with Crippen LogP contribution < -0.4 is 4.90 Å². The number of anilines is 1. The van der Waals surface area contributed by atoms with E-state index in [1.807, 2.05) is 13.0 Å². The third-order valence-electron chi connectivity index (χ3n) is 4.58. The topological polar surface area (TPSA) is 38.2 Å². The standard InChI is InChI=1S/C12H26.C9H13N3O/c1-3-5-7-9-11-12-10-8-6-4-2;1-8-6-9(11-7-10-8)12-2-4-13-5-3-12/h3-12H2,1-2H3;6-7H,2-5H2,1H3. The van der Waals surface area contributed by atoms with Crippen molar-refractivity contribution in [2.45, 2.75) is 85.0 Å². The molecule has 25 heavy (non-hydrogen) atoms. The Morgan fingerprint density at radius 1 is 0.840 bits per heavy atom. The van der Waals surface area contributed by atoms with Crippen LogP contribution in [-0.4, -0.2) is 36.3 Å². The van der Waals surface area contributed by atoms with Crippen LogP contribution >= 0.6 is 0 Å². The van der Waals surface area contributed by atoms with E-state index in [2.05, 4.69) is 28.7 Å². The second-order valence-electron chi connectivity index (χ2n) is 6.95. The fourth-order valence-corrected chi connectivity index (χ4v) is 2.97. The summed E-state index contributed by atoms with van der Waals surface area (Å²) in [5.74, 6) is 1.01. The van der Waals surface area contributed by atoms with Gasteiger partial charge in [0.05, 0.1) is 13.2 Å². The monoisotopic (exact) mass is 349 g/mol. The van der Waals surface area contributed by atoms with E-state index >= 15 is 0 Å². The summed E-state index contributed by atoms with van der Waals surface area (Å²) in [5.41, 5.74) is 1.01. The number of aromatic nitrogens is 2. The highest BCUT2D eigenvalue weighted by Gasteiger charge is 2.11. The van der Waals surface area contributed by atoms with Crippen LogP contribution in [0, 0.1) is 6.92 Å². The molecule has 2 heterocycles. The molecule has 4 nitrogen and oxygen atoms in total. The van der Waals surface area contributed by atoms with E-state index in [4.69, 9.17) is 4.74 Å². The molecule has 2 rings (SSSR count). The van der Waals surface area contributed by atoms with Crippen LogP contribution in [0.15, 0.2) is 12.4 Å². The maximum absolute atomic E-state index is 5.27. The zero-order valence-corrected chi connectivity index (χ0v) is 16.8. The summed E-state index contributed by atoms with van der Waals surface area (Å²) in [7, 11) is 0. The van der Waals surface area contributed by atoms with Gasteiger partial charge < -0.3 is 9.64 Å². The third-order valence-corrected chi connectivity index (χ3v) is 4.58. The predicted molar refractivity (Wildman–Crippen MR) is 107 cm³/mol. The maximum Gasteiger partial charge on any atom is 0.132 e. The van der Waals surface area contributed by atoms with Crippen LogP contribution in [0.25, 0.3) is 0 Å². The highest BCUT2D eigenvalue weighted by molar-refractivity contribution is 5.38. The first-order valence-electron chi connectivity index (χ1n) is 10.4. The minimum atomic E-state index is 0.795. The zero-order chi connectivity index (χ0) is 18.2. The van der Waals surface area contributed by atoms with Crippen molar-refractivity contribution in [3.63, 3.8) is 0 Å². The zero-order valence-electron chi connectivity index (χ0n) is 16.8. The van der Waals surface area contributed by atoms with Crippen LogP contribution in [-0.2, 0) is 4.74 Å². The molecule has 4 heteroatoms. The van der Waals surface area contributed by atoms with E-state index < -0.39 is 0 Å². The van der Waals surface area contributed by atoms with Gasteiger partial charge in [-0.3, -0.25) is 0 Å². The second kappa shape index (κ2) is 15.1. The number of nitrogens with zero attached hydrogens (tertiary/aromatic N) is 3. The summed E-state index contributed by atoms with van der Waals surface area (Å²) < 4.78 is 5.27. The lowest BCUT2D eigenvalue weighted by atomic mass is 10.1. The number of morpholine rings is 1. The van der Waals surface area contributed by atoms with Gasteiger partial charge in [-0.05, 0) is 6.92 Å².